The summed E-state index contributed by atoms with van der Waals surface area (Å²) in [5.74, 6) is 1.01. The summed E-state index contributed by atoms with van der Waals surface area (Å²) >= 11 is 3.55. The molecular formula is C27H28BrN5O. The molecule has 0 spiro atoms. The number of nitrogens with zero attached hydrogens (tertiary/aromatic N) is 4. The molecule has 0 saturated carbocycles. The van der Waals surface area contributed by atoms with Crippen molar-refractivity contribution in [3.05, 3.63) is 94.1 Å². The van der Waals surface area contributed by atoms with Gasteiger partial charge >= 0.3 is 0 Å². The second kappa shape index (κ2) is 9.97. The van der Waals surface area contributed by atoms with Crippen LogP contribution in [0.15, 0.2) is 71.5 Å². The zero-order valence-corrected chi connectivity index (χ0v) is 20.8. The number of imidazole rings is 1. The van der Waals surface area contributed by atoms with Gasteiger partial charge in [-0.05, 0) is 30.5 Å². The summed E-state index contributed by atoms with van der Waals surface area (Å²) in [6.45, 7) is 3.55. The minimum Gasteiger partial charge on any atom is -0.349 e. The molecule has 34 heavy (non-hydrogen) atoms. The van der Waals surface area contributed by atoms with Crippen molar-refractivity contribution in [3.63, 3.8) is 0 Å². The van der Waals surface area contributed by atoms with Crippen LogP contribution in [0.3, 0.4) is 0 Å². The van der Waals surface area contributed by atoms with E-state index < -0.39 is 0 Å². The van der Waals surface area contributed by atoms with Gasteiger partial charge < -0.3 is 9.88 Å². The summed E-state index contributed by atoms with van der Waals surface area (Å²) in [5.41, 5.74) is 4.80. The Morgan fingerprint density at radius 3 is 2.53 bits per heavy atom. The van der Waals surface area contributed by atoms with Gasteiger partial charge in [-0.15, -0.1) is 0 Å². The molecule has 3 heterocycles. The van der Waals surface area contributed by atoms with Crippen LogP contribution in [0.5, 0.6) is 0 Å². The van der Waals surface area contributed by atoms with Gasteiger partial charge in [-0.25, -0.2) is 4.98 Å². The zero-order chi connectivity index (χ0) is 23.5. The van der Waals surface area contributed by atoms with E-state index in [1.165, 1.54) is 0 Å². The number of aryl methyl sites for hydroxylation is 2. The molecule has 1 atom stereocenters. The molecule has 1 aliphatic rings. The minimum atomic E-state index is -0.169. The van der Waals surface area contributed by atoms with Gasteiger partial charge in [0.05, 0.1) is 11.7 Å². The molecule has 0 saturated heterocycles. The van der Waals surface area contributed by atoms with Crippen LogP contribution in [0.2, 0.25) is 0 Å². The Balaban J connectivity index is 1.59. The van der Waals surface area contributed by atoms with Gasteiger partial charge in [0.2, 0.25) is 0 Å². The number of hydrogen-bond donors (Lipinski definition) is 1. The van der Waals surface area contributed by atoms with Crippen LogP contribution in [0.1, 0.15) is 59.7 Å². The minimum absolute atomic E-state index is 0.0631. The number of benzene rings is 2. The van der Waals surface area contributed by atoms with Gasteiger partial charge in [0.15, 0.2) is 0 Å². The molecule has 6 nitrogen and oxygen atoms in total. The second-order valence-corrected chi connectivity index (χ2v) is 9.56. The number of H-pyrrole nitrogens is 1. The lowest BCUT2D eigenvalue weighted by atomic mass is 9.96. The van der Waals surface area contributed by atoms with E-state index in [4.69, 9.17) is 5.10 Å². The van der Waals surface area contributed by atoms with Gasteiger partial charge in [0.1, 0.15) is 11.5 Å². The monoisotopic (exact) mass is 517 g/mol. The standard InChI is InChI=1S/C27H28BrN5O/c1-2-3-18-33-26-23(24(31-33)19-8-5-4-6-9-19)25(20-11-13-21(28)14-12-20)32(27(26)34)17-7-10-22-29-15-16-30-22/h4-6,8-9,11-16,25H,2-3,7,10,17-18H2,1H3,(H,29,30). The molecular weight excluding hydrogens is 490 g/mol. The molecule has 1 unspecified atom stereocenters. The van der Waals surface area contributed by atoms with E-state index in [2.05, 4.69) is 57.1 Å². The third kappa shape index (κ3) is 4.32. The van der Waals surface area contributed by atoms with Gasteiger partial charge in [-0.3, -0.25) is 9.48 Å². The molecule has 7 heteroatoms. The average molecular weight is 518 g/mol. The first kappa shape index (κ1) is 22.6. The van der Waals surface area contributed by atoms with Crippen molar-refractivity contribution in [2.24, 2.45) is 0 Å². The van der Waals surface area contributed by atoms with Crippen molar-refractivity contribution >= 4 is 21.8 Å². The second-order valence-electron chi connectivity index (χ2n) is 8.65. The highest BCUT2D eigenvalue weighted by Crippen LogP contribution is 2.44. The van der Waals surface area contributed by atoms with Crippen molar-refractivity contribution in [1.29, 1.82) is 0 Å². The number of carbonyl (C=O) groups excluding carboxylic acids is 1. The van der Waals surface area contributed by atoms with E-state index in [0.717, 1.165) is 70.6 Å². The molecule has 5 rings (SSSR count). The molecule has 1 aliphatic heterocycles. The quantitative estimate of drug-likeness (QED) is 0.295. The normalized spacial score (nSPS) is 15.2. The fourth-order valence-corrected chi connectivity index (χ4v) is 4.99. The maximum absolute atomic E-state index is 13.9. The van der Waals surface area contributed by atoms with Crippen molar-refractivity contribution in [1.82, 2.24) is 24.6 Å². The van der Waals surface area contributed by atoms with Gasteiger partial charge in [-0.2, -0.15) is 5.10 Å². The molecule has 1 N–H and O–H groups in total. The van der Waals surface area contributed by atoms with E-state index in [9.17, 15) is 4.79 Å². The lowest BCUT2D eigenvalue weighted by Gasteiger charge is -2.26. The summed E-state index contributed by atoms with van der Waals surface area (Å²) in [7, 11) is 0. The fourth-order valence-electron chi connectivity index (χ4n) is 4.72. The predicted molar refractivity (Wildman–Crippen MR) is 137 cm³/mol. The Morgan fingerprint density at radius 2 is 1.82 bits per heavy atom. The number of rotatable bonds is 9. The van der Waals surface area contributed by atoms with Gasteiger partial charge in [-0.1, -0.05) is 71.7 Å². The predicted octanol–water partition coefficient (Wildman–Crippen LogP) is 6.01. The topological polar surface area (TPSA) is 66.8 Å². The van der Waals surface area contributed by atoms with Gasteiger partial charge in [0.25, 0.3) is 5.91 Å². The Kier molecular flexibility index (Phi) is 6.63. The van der Waals surface area contributed by atoms with E-state index in [-0.39, 0.29) is 11.9 Å². The summed E-state index contributed by atoms with van der Waals surface area (Å²) in [6.07, 6.45) is 7.27. The smallest absolute Gasteiger partial charge is 0.273 e. The lowest BCUT2D eigenvalue weighted by molar-refractivity contribution is 0.0736. The fraction of sp³-hybridized carbons (Fsp3) is 0.296. The van der Waals surface area contributed by atoms with E-state index >= 15 is 0 Å². The molecule has 4 aromatic rings. The van der Waals surface area contributed by atoms with Gasteiger partial charge in [0, 0.05) is 47.5 Å². The number of aromatic nitrogens is 4. The Bertz CT molecular complexity index is 1250. The van der Waals surface area contributed by atoms with Crippen LogP contribution >= 0.6 is 15.9 Å². The average Bonchev–Trinajstić information content (AvgIpc) is 3.57. The number of nitrogens with one attached hydrogen (secondary N) is 1. The number of amides is 1. The number of fused-ring (bicyclic) bond motifs is 1. The SMILES string of the molecule is CCCCn1nc(-c2ccccc2)c2c1C(=O)N(CCCc1ncc[nH]1)C2c1ccc(Br)cc1. The number of unbranched alkanes of at least 4 members (excludes halogenated alkanes) is 1. The molecule has 0 fully saturated rings. The van der Waals surface area contributed by atoms with Crippen LogP contribution in [-0.4, -0.2) is 37.1 Å². The highest BCUT2D eigenvalue weighted by Gasteiger charge is 2.43. The van der Waals surface area contributed by atoms with Crippen LogP contribution in [0, 0.1) is 0 Å². The largest absolute Gasteiger partial charge is 0.349 e. The Hall–Kier alpha value is -3.19. The lowest BCUT2D eigenvalue weighted by Crippen LogP contribution is -2.31. The van der Waals surface area contributed by atoms with Crippen molar-refractivity contribution in [2.45, 2.75) is 45.2 Å². The van der Waals surface area contributed by atoms with Crippen molar-refractivity contribution in [3.8, 4) is 11.3 Å². The van der Waals surface area contributed by atoms with E-state index in [1.54, 1.807) is 6.20 Å². The van der Waals surface area contributed by atoms with Crippen LogP contribution in [-0.2, 0) is 13.0 Å². The first-order chi connectivity index (χ1) is 16.7. The molecule has 0 radical (unpaired) electrons. The van der Waals surface area contributed by atoms with E-state index in [1.807, 2.05) is 46.1 Å². The van der Waals surface area contributed by atoms with Crippen LogP contribution < -0.4 is 0 Å². The molecule has 2 aromatic heterocycles. The van der Waals surface area contributed by atoms with E-state index in [0.29, 0.717) is 6.54 Å². The summed E-state index contributed by atoms with van der Waals surface area (Å²) < 4.78 is 2.97. The number of aromatic amines is 1. The zero-order valence-electron chi connectivity index (χ0n) is 19.2. The Labute approximate surface area is 208 Å². The van der Waals surface area contributed by atoms with Crippen molar-refractivity contribution in [2.75, 3.05) is 6.54 Å². The molecule has 174 valence electrons. The number of hydrogen-bond acceptors (Lipinski definition) is 3. The highest BCUT2D eigenvalue weighted by molar-refractivity contribution is 9.10. The number of carbonyl (C=O) groups is 1. The molecule has 0 aliphatic carbocycles. The maximum Gasteiger partial charge on any atom is 0.273 e. The molecule has 1 amide bonds. The summed E-state index contributed by atoms with van der Waals surface area (Å²) in [6, 6.07) is 18.4. The summed E-state index contributed by atoms with van der Waals surface area (Å²) in [4.78, 5) is 23.4. The molecule has 2 aromatic carbocycles. The number of halogens is 1. The third-order valence-corrected chi connectivity index (χ3v) is 6.89. The highest BCUT2D eigenvalue weighted by atomic mass is 79.9. The third-order valence-electron chi connectivity index (χ3n) is 6.36. The van der Waals surface area contributed by atoms with Crippen LogP contribution in [0.4, 0.5) is 0 Å². The first-order valence-electron chi connectivity index (χ1n) is 11.9. The first-order valence-corrected chi connectivity index (χ1v) is 12.7. The maximum atomic E-state index is 13.9. The molecule has 0 bridgehead atoms. The summed E-state index contributed by atoms with van der Waals surface area (Å²) in [5, 5.41) is 4.98. The Morgan fingerprint density at radius 1 is 1.03 bits per heavy atom. The van der Waals surface area contributed by atoms with Crippen molar-refractivity contribution < 1.29 is 4.79 Å². The van der Waals surface area contributed by atoms with Crippen LogP contribution in [0.25, 0.3) is 11.3 Å².